The highest BCUT2D eigenvalue weighted by Crippen LogP contribution is 2.13. The van der Waals surface area contributed by atoms with Crippen molar-refractivity contribution in [1.29, 1.82) is 0 Å². The van der Waals surface area contributed by atoms with E-state index >= 15 is 0 Å². The van der Waals surface area contributed by atoms with E-state index in [1.54, 1.807) is 35.4 Å². The van der Waals surface area contributed by atoms with Gasteiger partial charge in [0.1, 0.15) is 0 Å². The molecule has 0 saturated heterocycles. The quantitative estimate of drug-likeness (QED) is 0.921. The van der Waals surface area contributed by atoms with E-state index in [1.807, 2.05) is 13.1 Å². The number of aromatic nitrogens is 1. The van der Waals surface area contributed by atoms with Crippen molar-refractivity contribution in [2.24, 2.45) is 0 Å². The topological polar surface area (TPSA) is 70.5 Å². The Morgan fingerprint density at radius 2 is 2.05 bits per heavy atom. The van der Waals surface area contributed by atoms with Crippen LogP contribution >= 0.6 is 11.3 Å². The van der Waals surface area contributed by atoms with E-state index in [2.05, 4.69) is 4.98 Å². The highest BCUT2D eigenvalue weighted by Gasteiger charge is 2.14. The van der Waals surface area contributed by atoms with Gasteiger partial charge in [-0.3, -0.25) is 4.79 Å². The van der Waals surface area contributed by atoms with Gasteiger partial charge in [-0.2, -0.15) is 0 Å². The van der Waals surface area contributed by atoms with Gasteiger partial charge in [0.25, 0.3) is 5.91 Å². The fourth-order valence-corrected chi connectivity index (χ4v) is 2.66. The highest BCUT2D eigenvalue weighted by atomic mass is 32.1. The molecule has 5 nitrogen and oxygen atoms in total. The van der Waals surface area contributed by atoms with Gasteiger partial charge >= 0.3 is 5.97 Å². The van der Waals surface area contributed by atoms with Crippen molar-refractivity contribution < 1.29 is 14.7 Å². The first-order chi connectivity index (χ1) is 9.97. The van der Waals surface area contributed by atoms with E-state index in [0.29, 0.717) is 18.5 Å². The van der Waals surface area contributed by atoms with E-state index in [1.165, 1.54) is 12.1 Å². The highest BCUT2D eigenvalue weighted by molar-refractivity contribution is 7.11. The number of carbonyl (C=O) groups excluding carboxylic acids is 1. The number of amides is 1. The normalized spacial score (nSPS) is 10.4. The van der Waals surface area contributed by atoms with Gasteiger partial charge in [-0.1, -0.05) is 6.07 Å². The fourth-order valence-electron chi connectivity index (χ4n) is 1.89. The summed E-state index contributed by atoms with van der Waals surface area (Å²) < 4.78 is 0. The molecule has 0 fully saturated rings. The van der Waals surface area contributed by atoms with E-state index in [0.717, 1.165) is 9.88 Å². The Morgan fingerprint density at radius 1 is 1.33 bits per heavy atom. The summed E-state index contributed by atoms with van der Waals surface area (Å²) >= 11 is 1.62. The van der Waals surface area contributed by atoms with Gasteiger partial charge in [0, 0.05) is 36.7 Å². The molecule has 0 aliphatic carbocycles. The zero-order chi connectivity index (χ0) is 15.4. The molecule has 0 saturated carbocycles. The van der Waals surface area contributed by atoms with Gasteiger partial charge in [0.2, 0.25) is 0 Å². The minimum Gasteiger partial charge on any atom is -0.478 e. The molecule has 1 N–H and O–H groups in total. The Kier molecular flexibility index (Phi) is 4.70. The van der Waals surface area contributed by atoms with Crippen molar-refractivity contribution >= 4 is 23.2 Å². The van der Waals surface area contributed by atoms with Gasteiger partial charge in [0.05, 0.1) is 10.6 Å². The molecular weight excluding hydrogens is 288 g/mol. The van der Waals surface area contributed by atoms with E-state index in [4.69, 9.17) is 5.11 Å². The summed E-state index contributed by atoms with van der Waals surface area (Å²) in [5, 5.41) is 9.94. The Morgan fingerprint density at radius 3 is 2.67 bits per heavy atom. The molecule has 110 valence electrons. The summed E-state index contributed by atoms with van der Waals surface area (Å²) in [7, 11) is 1.70. The predicted octanol–water partition coefficient (Wildman–Crippen LogP) is 2.46. The molecule has 0 aliphatic rings. The molecule has 2 rings (SSSR count). The lowest BCUT2D eigenvalue weighted by molar-refractivity contribution is 0.0697. The molecule has 0 bridgehead atoms. The van der Waals surface area contributed by atoms with Crippen LogP contribution in [-0.4, -0.2) is 40.5 Å². The average Bonchev–Trinajstić information content (AvgIpc) is 2.89. The molecule has 1 aromatic heterocycles. The Hall–Kier alpha value is -2.21. The van der Waals surface area contributed by atoms with Gasteiger partial charge in [-0.15, -0.1) is 11.3 Å². The van der Waals surface area contributed by atoms with Crippen LogP contribution in [-0.2, 0) is 6.42 Å². The zero-order valence-electron chi connectivity index (χ0n) is 11.9. The Labute approximate surface area is 126 Å². The number of hydrogen-bond acceptors (Lipinski definition) is 4. The summed E-state index contributed by atoms with van der Waals surface area (Å²) in [5.74, 6) is -1.23. The zero-order valence-corrected chi connectivity index (χ0v) is 12.7. The largest absolute Gasteiger partial charge is 0.478 e. The lowest BCUT2D eigenvalue weighted by atomic mass is 10.1. The third kappa shape index (κ3) is 3.88. The number of carbonyl (C=O) groups is 2. The number of hydrogen-bond donors (Lipinski definition) is 1. The van der Waals surface area contributed by atoms with Crippen molar-refractivity contribution in [3.05, 3.63) is 51.5 Å². The van der Waals surface area contributed by atoms with Crippen LogP contribution in [0.25, 0.3) is 0 Å². The molecular formula is C15H16N2O3S. The third-order valence-corrected chi connectivity index (χ3v) is 4.01. The first-order valence-corrected chi connectivity index (χ1v) is 7.29. The fraction of sp³-hybridized carbons (Fsp3) is 0.267. The number of thiazole rings is 1. The molecule has 0 atom stereocenters. The van der Waals surface area contributed by atoms with E-state index in [-0.39, 0.29) is 11.5 Å². The predicted molar refractivity (Wildman–Crippen MR) is 80.9 cm³/mol. The van der Waals surface area contributed by atoms with Crippen LogP contribution in [0.1, 0.15) is 30.6 Å². The SMILES string of the molecule is Cc1cnc(CCN(C)C(=O)c2cccc(C(=O)O)c2)s1. The van der Waals surface area contributed by atoms with Gasteiger partial charge in [-0.25, -0.2) is 9.78 Å². The molecule has 0 unspecified atom stereocenters. The van der Waals surface area contributed by atoms with Crippen LogP contribution < -0.4 is 0 Å². The molecule has 21 heavy (non-hydrogen) atoms. The Balaban J connectivity index is 2.01. The summed E-state index contributed by atoms with van der Waals surface area (Å²) in [5.41, 5.74) is 0.498. The molecule has 6 heteroatoms. The second kappa shape index (κ2) is 6.49. The van der Waals surface area contributed by atoms with Gasteiger partial charge in [-0.05, 0) is 25.1 Å². The van der Waals surface area contributed by atoms with Crippen molar-refractivity contribution in [2.45, 2.75) is 13.3 Å². The molecule has 0 aliphatic heterocycles. The maximum atomic E-state index is 12.3. The van der Waals surface area contributed by atoms with Crippen LogP contribution in [0.5, 0.6) is 0 Å². The van der Waals surface area contributed by atoms with Gasteiger partial charge < -0.3 is 10.0 Å². The van der Waals surface area contributed by atoms with Crippen molar-refractivity contribution in [3.63, 3.8) is 0 Å². The average molecular weight is 304 g/mol. The van der Waals surface area contributed by atoms with Crippen LogP contribution in [0, 0.1) is 6.92 Å². The monoisotopic (exact) mass is 304 g/mol. The van der Waals surface area contributed by atoms with Crippen LogP contribution in [0.3, 0.4) is 0 Å². The smallest absolute Gasteiger partial charge is 0.335 e. The Bertz CT molecular complexity index is 666. The summed E-state index contributed by atoms with van der Waals surface area (Å²) in [6, 6.07) is 6.07. The first kappa shape index (κ1) is 15.2. The number of benzene rings is 1. The first-order valence-electron chi connectivity index (χ1n) is 6.47. The maximum Gasteiger partial charge on any atom is 0.335 e. The minimum atomic E-state index is -1.04. The minimum absolute atomic E-state index is 0.116. The number of rotatable bonds is 5. The number of carboxylic acids is 1. The van der Waals surface area contributed by atoms with Crippen molar-refractivity contribution in [1.82, 2.24) is 9.88 Å². The van der Waals surface area contributed by atoms with Gasteiger partial charge in [0.15, 0.2) is 0 Å². The number of likely N-dealkylation sites (N-methyl/N-ethyl adjacent to an activating group) is 1. The van der Waals surface area contributed by atoms with E-state index < -0.39 is 5.97 Å². The number of aromatic carboxylic acids is 1. The summed E-state index contributed by atoms with van der Waals surface area (Å²) in [6.07, 6.45) is 2.51. The molecule has 1 amide bonds. The van der Waals surface area contributed by atoms with Crippen molar-refractivity contribution in [3.8, 4) is 0 Å². The third-order valence-electron chi connectivity index (χ3n) is 3.03. The lowest BCUT2D eigenvalue weighted by Crippen LogP contribution is -2.29. The standard InChI is InChI=1S/C15H16N2O3S/c1-10-9-16-13(21-10)6-7-17(2)14(18)11-4-3-5-12(8-11)15(19)20/h3-5,8-9H,6-7H2,1-2H3,(H,19,20). The summed E-state index contributed by atoms with van der Waals surface area (Å²) in [6.45, 7) is 2.54. The molecule has 0 spiro atoms. The van der Waals surface area contributed by atoms with E-state index in [9.17, 15) is 9.59 Å². The molecule has 2 aromatic rings. The summed E-state index contributed by atoms with van der Waals surface area (Å²) in [4.78, 5) is 30.2. The maximum absolute atomic E-state index is 12.3. The molecule has 1 aromatic carbocycles. The second-order valence-electron chi connectivity index (χ2n) is 4.73. The van der Waals surface area contributed by atoms with Crippen LogP contribution in [0.15, 0.2) is 30.5 Å². The number of carboxylic acid groups (broad SMARTS) is 1. The molecule has 0 radical (unpaired) electrons. The van der Waals surface area contributed by atoms with Crippen LogP contribution in [0.2, 0.25) is 0 Å². The number of nitrogens with zero attached hydrogens (tertiary/aromatic N) is 2. The molecule has 1 heterocycles. The van der Waals surface area contributed by atoms with Crippen LogP contribution in [0.4, 0.5) is 0 Å². The second-order valence-corrected chi connectivity index (χ2v) is 6.05. The van der Waals surface area contributed by atoms with Crippen molar-refractivity contribution in [2.75, 3.05) is 13.6 Å². The number of aryl methyl sites for hydroxylation is 1. The lowest BCUT2D eigenvalue weighted by Gasteiger charge is -2.16.